The molecule has 6 heteroatoms. The molecule has 0 aliphatic rings. The highest BCUT2D eigenvalue weighted by molar-refractivity contribution is 7.14. The van der Waals surface area contributed by atoms with Gasteiger partial charge in [-0.3, -0.25) is 9.59 Å². The Balaban J connectivity index is 1.41. The number of Topliss-reactive ketones (excluding diaryl/α,β-unsaturated/α-hetero) is 1. The van der Waals surface area contributed by atoms with E-state index in [1.807, 2.05) is 37.3 Å². The topological polar surface area (TPSA) is 64.0 Å². The van der Waals surface area contributed by atoms with Crippen LogP contribution in [-0.2, 0) is 11.3 Å². The van der Waals surface area contributed by atoms with E-state index >= 15 is 0 Å². The van der Waals surface area contributed by atoms with Crippen molar-refractivity contribution in [3.8, 4) is 0 Å². The number of hydrogen-bond acceptors (Lipinski definition) is 4. The first kappa shape index (κ1) is 19.1. The van der Waals surface area contributed by atoms with Crippen molar-refractivity contribution in [2.75, 3.05) is 5.32 Å². The van der Waals surface area contributed by atoms with Crippen LogP contribution in [-0.4, -0.2) is 21.5 Å². The largest absolute Gasteiger partial charge is 0.311 e. The normalized spacial score (nSPS) is 10.9. The second-order valence-electron chi connectivity index (χ2n) is 6.89. The van der Waals surface area contributed by atoms with Crippen LogP contribution in [0.25, 0.3) is 10.8 Å². The third kappa shape index (κ3) is 4.43. The molecule has 0 radical (unpaired) electrons. The highest BCUT2D eigenvalue weighted by Crippen LogP contribution is 2.21. The summed E-state index contributed by atoms with van der Waals surface area (Å²) in [4.78, 5) is 26.4. The molecule has 0 saturated heterocycles. The number of carbonyl (C=O) groups is 2. The minimum Gasteiger partial charge on any atom is -0.311 e. The number of thiophene rings is 1. The van der Waals surface area contributed by atoms with Gasteiger partial charge in [0.25, 0.3) is 0 Å². The van der Waals surface area contributed by atoms with Crippen molar-refractivity contribution in [3.05, 3.63) is 82.2 Å². The van der Waals surface area contributed by atoms with Crippen LogP contribution in [0.2, 0.25) is 0 Å². The maximum Gasteiger partial charge on any atom is 0.225 e. The maximum absolute atomic E-state index is 12.4. The summed E-state index contributed by atoms with van der Waals surface area (Å²) in [5.41, 5.74) is 1.13. The first-order valence-electron chi connectivity index (χ1n) is 9.48. The number of amides is 1. The van der Waals surface area contributed by atoms with Crippen LogP contribution in [0.4, 0.5) is 5.82 Å². The zero-order valence-corrected chi connectivity index (χ0v) is 16.9. The number of anilines is 1. The second kappa shape index (κ2) is 8.41. The van der Waals surface area contributed by atoms with Crippen molar-refractivity contribution in [2.45, 2.75) is 26.3 Å². The van der Waals surface area contributed by atoms with Gasteiger partial charge in [-0.25, -0.2) is 4.68 Å². The van der Waals surface area contributed by atoms with Gasteiger partial charge in [0.05, 0.1) is 17.6 Å². The van der Waals surface area contributed by atoms with Crippen molar-refractivity contribution < 1.29 is 9.59 Å². The van der Waals surface area contributed by atoms with Gasteiger partial charge in [0.15, 0.2) is 5.78 Å². The van der Waals surface area contributed by atoms with Crippen LogP contribution in [0, 0.1) is 6.92 Å². The van der Waals surface area contributed by atoms with Crippen LogP contribution < -0.4 is 5.32 Å². The predicted octanol–water partition coefficient (Wildman–Crippen LogP) is 5.06. The smallest absolute Gasteiger partial charge is 0.225 e. The van der Waals surface area contributed by atoms with Crippen molar-refractivity contribution in [1.82, 2.24) is 9.78 Å². The molecule has 0 spiro atoms. The van der Waals surface area contributed by atoms with Gasteiger partial charge < -0.3 is 5.32 Å². The van der Waals surface area contributed by atoms with Gasteiger partial charge in [-0.1, -0.05) is 42.5 Å². The van der Waals surface area contributed by atoms with Gasteiger partial charge in [0.1, 0.15) is 5.82 Å². The summed E-state index contributed by atoms with van der Waals surface area (Å²) in [6, 6.07) is 19.9. The number of rotatable bonds is 7. The Morgan fingerprint density at radius 1 is 1.00 bits per heavy atom. The van der Waals surface area contributed by atoms with E-state index in [1.165, 1.54) is 22.1 Å². The summed E-state index contributed by atoms with van der Waals surface area (Å²) in [7, 11) is 0. The molecular formula is C23H21N3O2S. The molecule has 2 heterocycles. The molecule has 2 aromatic heterocycles. The second-order valence-corrected chi connectivity index (χ2v) is 8.18. The Bertz CT molecular complexity index is 1170. The van der Waals surface area contributed by atoms with Gasteiger partial charge >= 0.3 is 0 Å². The molecule has 146 valence electrons. The summed E-state index contributed by atoms with van der Waals surface area (Å²) < 4.78 is 1.77. The average Bonchev–Trinajstić information content (AvgIpc) is 3.35. The van der Waals surface area contributed by atoms with Crippen LogP contribution in [0.5, 0.6) is 0 Å². The van der Waals surface area contributed by atoms with E-state index in [0.29, 0.717) is 17.2 Å². The van der Waals surface area contributed by atoms with Gasteiger partial charge in [-0.05, 0) is 35.4 Å². The lowest BCUT2D eigenvalue weighted by atomic mass is 10.0. The molecule has 0 fully saturated rings. The highest BCUT2D eigenvalue weighted by Gasteiger charge is 2.13. The molecule has 0 bridgehead atoms. The first-order valence-corrected chi connectivity index (χ1v) is 10.3. The Hall–Kier alpha value is -3.25. The van der Waals surface area contributed by atoms with Crippen molar-refractivity contribution >= 4 is 39.6 Å². The third-order valence-electron chi connectivity index (χ3n) is 4.78. The summed E-state index contributed by atoms with van der Waals surface area (Å²) in [5, 5.41) is 9.57. The monoisotopic (exact) mass is 403 g/mol. The Morgan fingerprint density at radius 2 is 1.83 bits per heavy atom. The molecule has 0 aliphatic heterocycles. The third-order valence-corrected chi connectivity index (χ3v) is 5.82. The van der Waals surface area contributed by atoms with Crippen molar-refractivity contribution in [3.63, 3.8) is 0 Å². The average molecular weight is 404 g/mol. The number of ketones is 1. The summed E-state index contributed by atoms with van der Waals surface area (Å²) >= 11 is 1.46. The number of fused-ring (bicyclic) bond motifs is 1. The molecular weight excluding hydrogens is 382 g/mol. The maximum atomic E-state index is 12.4. The number of aromatic nitrogens is 2. The quantitative estimate of drug-likeness (QED) is 0.439. The number of hydrogen-bond donors (Lipinski definition) is 1. The van der Waals surface area contributed by atoms with E-state index in [2.05, 4.69) is 34.7 Å². The molecule has 2 aromatic carbocycles. The summed E-state index contributed by atoms with van der Waals surface area (Å²) in [5.74, 6) is 0.441. The fraction of sp³-hybridized carbons (Fsp3) is 0.174. The Labute approximate surface area is 173 Å². The molecule has 29 heavy (non-hydrogen) atoms. The van der Waals surface area contributed by atoms with Crippen LogP contribution in [0.1, 0.15) is 33.0 Å². The zero-order valence-electron chi connectivity index (χ0n) is 16.1. The first-order chi connectivity index (χ1) is 14.1. The number of aryl methyl sites for hydroxylation is 1. The van der Waals surface area contributed by atoms with Gasteiger partial charge in [0.2, 0.25) is 5.91 Å². The fourth-order valence-electron chi connectivity index (χ4n) is 3.30. The highest BCUT2D eigenvalue weighted by atomic mass is 32.1. The fourth-order valence-corrected chi connectivity index (χ4v) is 4.13. The molecule has 0 atom stereocenters. The summed E-state index contributed by atoms with van der Waals surface area (Å²) in [6.07, 6.45) is 2.01. The lowest BCUT2D eigenvalue weighted by Gasteiger charge is -2.11. The molecule has 0 saturated carbocycles. The zero-order chi connectivity index (χ0) is 20.2. The molecule has 4 rings (SSSR count). The molecule has 5 nitrogen and oxygen atoms in total. The standard InChI is InChI=1S/C23H21N3O2S/c1-16-9-11-21(29-16)20(27)10-12-23(28)25-22-13-14-24-26(22)15-18-7-4-6-17-5-2-3-8-19(17)18/h2-9,11,13-14H,10,12,15H2,1H3,(H,25,28). The molecule has 4 aromatic rings. The Morgan fingerprint density at radius 3 is 2.66 bits per heavy atom. The Kier molecular flexibility index (Phi) is 5.53. The minimum absolute atomic E-state index is 0.00233. The number of carbonyl (C=O) groups excluding carboxylic acids is 2. The lowest BCUT2D eigenvalue weighted by molar-refractivity contribution is -0.116. The number of nitrogens with zero attached hydrogens (tertiary/aromatic N) is 2. The van der Waals surface area contributed by atoms with E-state index in [1.54, 1.807) is 16.9 Å². The summed E-state index contributed by atoms with van der Waals surface area (Å²) in [6.45, 7) is 2.52. The van der Waals surface area contributed by atoms with E-state index in [4.69, 9.17) is 0 Å². The van der Waals surface area contributed by atoms with Gasteiger partial charge in [-0.2, -0.15) is 5.10 Å². The van der Waals surface area contributed by atoms with E-state index in [0.717, 1.165) is 10.4 Å². The van der Waals surface area contributed by atoms with Gasteiger partial charge in [-0.15, -0.1) is 11.3 Å². The molecule has 0 unspecified atom stereocenters. The van der Waals surface area contributed by atoms with Crippen molar-refractivity contribution in [1.29, 1.82) is 0 Å². The van der Waals surface area contributed by atoms with Crippen LogP contribution >= 0.6 is 11.3 Å². The van der Waals surface area contributed by atoms with Crippen LogP contribution in [0.3, 0.4) is 0 Å². The molecule has 1 N–H and O–H groups in total. The molecule has 1 amide bonds. The number of benzene rings is 2. The molecule has 0 aliphatic carbocycles. The number of nitrogens with one attached hydrogen (secondary N) is 1. The predicted molar refractivity (Wildman–Crippen MR) is 117 cm³/mol. The van der Waals surface area contributed by atoms with E-state index < -0.39 is 0 Å². The van der Waals surface area contributed by atoms with Crippen LogP contribution in [0.15, 0.2) is 66.9 Å². The van der Waals surface area contributed by atoms with Gasteiger partial charge in [0, 0.05) is 23.8 Å². The SMILES string of the molecule is Cc1ccc(C(=O)CCC(=O)Nc2ccnn2Cc2cccc3ccccc23)s1. The van der Waals surface area contributed by atoms with E-state index in [9.17, 15) is 9.59 Å². The van der Waals surface area contributed by atoms with Crippen molar-refractivity contribution in [2.24, 2.45) is 0 Å². The lowest BCUT2D eigenvalue weighted by Crippen LogP contribution is -2.17. The van der Waals surface area contributed by atoms with E-state index in [-0.39, 0.29) is 24.5 Å². The minimum atomic E-state index is -0.189.